The summed E-state index contributed by atoms with van der Waals surface area (Å²) >= 11 is 16.6. The van der Waals surface area contributed by atoms with E-state index >= 15 is 0 Å². The van der Waals surface area contributed by atoms with Gasteiger partial charge in [0.25, 0.3) is 0 Å². The van der Waals surface area contributed by atoms with Gasteiger partial charge in [-0.2, -0.15) is 0 Å². The second kappa shape index (κ2) is 4.14. The van der Waals surface area contributed by atoms with Crippen LogP contribution >= 0.6 is 50.5 Å². The first-order valence-electron chi connectivity index (χ1n) is 3.62. The molecule has 2 aromatic rings. The molecule has 0 spiro atoms. The maximum Gasteiger partial charge on any atom is 0.183 e. The summed E-state index contributed by atoms with van der Waals surface area (Å²) in [4.78, 5) is 0. The number of rotatable bonds is 1. The highest BCUT2D eigenvalue weighted by Crippen LogP contribution is 2.35. The van der Waals surface area contributed by atoms with Crippen molar-refractivity contribution in [1.82, 2.24) is 10.2 Å². The number of halogens is 3. The van der Waals surface area contributed by atoms with E-state index in [1.54, 1.807) is 6.07 Å². The summed E-state index contributed by atoms with van der Waals surface area (Å²) < 4.78 is 0.726. The van der Waals surface area contributed by atoms with Gasteiger partial charge in [0.2, 0.25) is 0 Å². The maximum absolute atomic E-state index is 6.03. The lowest BCUT2D eigenvalue weighted by molar-refractivity contribution is 1.08. The zero-order valence-electron chi connectivity index (χ0n) is 6.67. The van der Waals surface area contributed by atoms with E-state index in [0.29, 0.717) is 10.0 Å². The smallest absolute Gasteiger partial charge is 0.137 e. The van der Waals surface area contributed by atoms with E-state index in [-0.39, 0.29) is 0 Å². The first-order chi connectivity index (χ1) is 6.68. The Morgan fingerprint density at radius 3 is 2.64 bits per heavy atom. The molecule has 6 heteroatoms. The monoisotopic (exact) mass is 308 g/mol. The molecule has 0 aliphatic heterocycles. The first-order valence-corrected chi connectivity index (χ1v) is 5.98. The zero-order valence-corrected chi connectivity index (χ0v) is 10.6. The van der Waals surface area contributed by atoms with Gasteiger partial charge in [-0.3, -0.25) is 0 Å². The Morgan fingerprint density at radius 2 is 2.00 bits per heavy atom. The number of aromatic nitrogens is 2. The highest BCUT2D eigenvalue weighted by atomic mass is 79.9. The van der Waals surface area contributed by atoms with Crippen LogP contribution in [0, 0.1) is 0 Å². The normalized spacial score (nSPS) is 10.5. The third-order valence-corrected chi connectivity index (χ3v) is 3.79. The Labute approximate surface area is 103 Å². The second-order valence-corrected chi connectivity index (χ2v) is 5.50. The Balaban J connectivity index is 2.57. The summed E-state index contributed by atoms with van der Waals surface area (Å²) in [7, 11) is 0. The number of nitrogens with zero attached hydrogens (tertiary/aromatic N) is 2. The van der Waals surface area contributed by atoms with Gasteiger partial charge in [0.15, 0.2) is 3.92 Å². The van der Waals surface area contributed by atoms with Crippen LogP contribution < -0.4 is 0 Å². The third-order valence-electron chi connectivity index (χ3n) is 1.58. The average molecular weight is 310 g/mol. The Bertz CT molecular complexity index is 472. The molecule has 0 amide bonds. The molecule has 2 nitrogen and oxygen atoms in total. The molecule has 0 N–H and O–H groups in total. The highest BCUT2D eigenvalue weighted by Gasteiger charge is 2.10. The van der Waals surface area contributed by atoms with Crippen LogP contribution in [-0.4, -0.2) is 10.2 Å². The van der Waals surface area contributed by atoms with Crippen LogP contribution in [0.5, 0.6) is 0 Å². The van der Waals surface area contributed by atoms with Gasteiger partial charge >= 0.3 is 0 Å². The van der Waals surface area contributed by atoms with Crippen LogP contribution in [0.1, 0.15) is 0 Å². The molecule has 1 aromatic carbocycles. The van der Waals surface area contributed by atoms with E-state index < -0.39 is 0 Å². The van der Waals surface area contributed by atoms with Crippen molar-refractivity contribution in [3.05, 3.63) is 32.2 Å². The highest BCUT2D eigenvalue weighted by molar-refractivity contribution is 9.11. The SMILES string of the molecule is Clc1cccc(-c2nnc(Br)s2)c1Cl. The minimum Gasteiger partial charge on any atom is -0.137 e. The zero-order chi connectivity index (χ0) is 10.1. The summed E-state index contributed by atoms with van der Waals surface area (Å²) in [5, 5.41) is 9.60. The van der Waals surface area contributed by atoms with Gasteiger partial charge in [-0.15, -0.1) is 10.2 Å². The Hall–Kier alpha value is -0.160. The summed E-state index contributed by atoms with van der Waals surface area (Å²) in [5.74, 6) is 0. The van der Waals surface area contributed by atoms with Gasteiger partial charge in [-0.1, -0.05) is 46.7 Å². The van der Waals surface area contributed by atoms with E-state index in [2.05, 4.69) is 26.1 Å². The molecule has 0 unspecified atom stereocenters. The maximum atomic E-state index is 6.03. The second-order valence-electron chi connectivity index (χ2n) is 2.46. The van der Waals surface area contributed by atoms with Gasteiger partial charge in [-0.25, -0.2) is 0 Å². The summed E-state index contributed by atoms with van der Waals surface area (Å²) in [6.07, 6.45) is 0. The fraction of sp³-hybridized carbons (Fsp3) is 0. The summed E-state index contributed by atoms with van der Waals surface area (Å²) in [5.41, 5.74) is 0.808. The number of benzene rings is 1. The van der Waals surface area contributed by atoms with Gasteiger partial charge in [0, 0.05) is 5.56 Å². The molecule has 0 radical (unpaired) electrons. The van der Waals surface area contributed by atoms with Crippen molar-refractivity contribution >= 4 is 50.5 Å². The van der Waals surface area contributed by atoms with Crippen molar-refractivity contribution in [2.24, 2.45) is 0 Å². The molecule has 0 fully saturated rings. The molecular formula is C8H3BrCl2N2S. The minimum atomic E-state index is 0.512. The predicted octanol–water partition coefficient (Wildman–Crippen LogP) is 4.27. The van der Waals surface area contributed by atoms with Crippen LogP contribution in [0.3, 0.4) is 0 Å². The van der Waals surface area contributed by atoms with Gasteiger partial charge in [-0.05, 0) is 22.0 Å². The van der Waals surface area contributed by atoms with Crippen molar-refractivity contribution in [2.45, 2.75) is 0 Å². The standard InChI is InChI=1S/C8H3BrCl2N2S/c9-8-13-12-7(14-8)4-2-1-3-5(10)6(4)11/h1-3H. The Morgan fingerprint density at radius 1 is 1.21 bits per heavy atom. The lowest BCUT2D eigenvalue weighted by atomic mass is 10.2. The van der Waals surface area contributed by atoms with Crippen LogP contribution in [0.4, 0.5) is 0 Å². The molecule has 0 aliphatic rings. The first kappa shape index (κ1) is 10.4. The summed E-state index contributed by atoms with van der Waals surface area (Å²) in [6, 6.07) is 5.43. The molecule has 2 rings (SSSR count). The molecule has 0 saturated carbocycles. The van der Waals surface area contributed by atoms with E-state index in [1.165, 1.54) is 11.3 Å². The quantitative estimate of drug-likeness (QED) is 0.786. The van der Waals surface area contributed by atoms with Gasteiger partial charge in [0.1, 0.15) is 5.01 Å². The van der Waals surface area contributed by atoms with Gasteiger partial charge in [0.05, 0.1) is 10.0 Å². The van der Waals surface area contributed by atoms with Crippen LogP contribution in [-0.2, 0) is 0 Å². The topological polar surface area (TPSA) is 25.8 Å². The predicted molar refractivity (Wildman–Crippen MR) is 63.1 cm³/mol. The lowest BCUT2D eigenvalue weighted by Gasteiger charge is -2.00. The molecule has 0 aliphatic carbocycles. The van der Waals surface area contributed by atoms with Crippen molar-refractivity contribution in [3.8, 4) is 10.6 Å². The van der Waals surface area contributed by atoms with Crippen LogP contribution in [0.25, 0.3) is 10.6 Å². The molecule has 72 valence electrons. The molecule has 0 bridgehead atoms. The molecule has 14 heavy (non-hydrogen) atoms. The van der Waals surface area contributed by atoms with E-state index in [9.17, 15) is 0 Å². The molecule has 1 aromatic heterocycles. The third kappa shape index (κ3) is 1.93. The largest absolute Gasteiger partial charge is 0.183 e. The minimum absolute atomic E-state index is 0.512. The van der Waals surface area contributed by atoms with Gasteiger partial charge < -0.3 is 0 Å². The molecule has 1 heterocycles. The molecular weight excluding hydrogens is 307 g/mol. The number of hydrogen-bond acceptors (Lipinski definition) is 3. The van der Waals surface area contributed by atoms with Crippen LogP contribution in [0.2, 0.25) is 10.0 Å². The fourth-order valence-corrected chi connectivity index (χ4v) is 2.57. The Kier molecular flexibility index (Phi) is 3.07. The summed E-state index contributed by atoms with van der Waals surface area (Å²) in [6.45, 7) is 0. The van der Waals surface area contributed by atoms with Crippen molar-refractivity contribution in [2.75, 3.05) is 0 Å². The molecule has 0 atom stereocenters. The van der Waals surface area contributed by atoms with Crippen molar-refractivity contribution < 1.29 is 0 Å². The number of hydrogen-bond donors (Lipinski definition) is 0. The van der Waals surface area contributed by atoms with E-state index in [0.717, 1.165) is 14.5 Å². The van der Waals surface area contributed by atoms with E-state index in [1.807, 2.05) is 12.1 Å². The average Bonchev–Trinajstić information content (AvgIpc) is 2.57. The van der Waals surface area contributed by atoms with Crippen molar-refractivity contribution in [3.63, 3.8) is 0 Å². The molecule has 0 saturated heterocycles. The lowest BCUT2D eigenvalue weighted by Crippen LogP contribution is -1.79. The van der Waals surface area contributed by atoms with Crippen molar-refractivity contribution in [1.29, 1.82) is 0 Å². The van der Waals surface area contributed by atoms with Crippen LogP contribution in [0.15, 0.2) is 22.1 Å². The van der Waals surface area contributed by atoms with E-state index in [4.69, 9.17) is 23.2 Å². The fourth-order valence-electron chi connectivity index (χ4n) is 0.983.